The van der Waals surface area contributed by atoms with Gasteiger partial charge < -0.3 is 15.6 Å². The molecule has 4 N–H and O–H groups in total. The lowest BCUT2D eigenvalue weighted by Crippen LogP contribution is -2.38. The van der Waals surface area contributed by atoms with E-state index in [1.165, 1.54) is 0 Å². The number of hydrazine groups is 1. The summed E-state index contributed by atoms with van der Waals surface area (Å²) in [7, 11) is 0. The Labute approximate surface area is 119 Å². The molecule has 0 spiro atoms. The first-order chi connectivity index (χ1) is 9.74. The van der Waals surface area contributed by atoms with Crippen LogP contribution in [-0.4, -0.2) is 42.0 Å². The smallest absolute Gasteiger partial charge is 0.255 e. The molecule has 0 atom stereocenters. The summed E-state index contributed by atoms with van der Waals surface area (Å²) in [6, 6.07) is 3.45. The van der Waals surface area contributed by atoms with Crippen LogP contribution in [0.4, 0.5) is 5.82 Å². The van der Waals surface area contributed by atoms with Crippen LogP contribution in [0.2, 0.25) is 0 Å². The third-order valence-corrected chi connectivity index (χ3v) is 3.89. The Hall–Kier alpha value is -1.66. The molecule has 1 amide bonds. The number of nitrogens with one attached hydrogen (secondary N) is 2. The first-order valence-corrected chi connectivity index (χ1v) is 7.16. The fourth-order valence-corrected chi connectivity index (χ4v) is 2.54. The molecule has 1 saturated heterocycles. The molecule has 0 bridgehead atoms. The number of carbonyl (C=O) groups is 1. The molecule has 1 aliphatic rings. The normalized spacial score (nSPS) is 16.9. The number of carbonyl (C=O) groups excluding carboxylic acids is 1. The Balaban J connectivity index is 1.83. The summed E-state index contributed by atoms with van der Waals surface area (Å²) < 4.78 is 0. The molecule has 2 heterocycles. The molecule has 0 aromatic carbocycles. The van der Waals surface area contributed by atoms with Crippen molar-refractivity contribution in [1.29, 1.82) is 0 Å². The highest BCUT2D eigenvalue weighted by Gasteiger charge is 2.19. The minimum absolute atomic E-state index is 0.121. The van der Waals surface area contributed by atoms with Crippen molar-refractivity contribution in [2.24, 2.45) is 11.8 Å². The maximum Gasteiger partial charge on any atom is 0.255 e. The van der Waals surface area contributed by atoms with E-state index < -0.39 is 0 Å². The van der Waals surface area contributed by atoms with Gasteiger partial charge in [0.2, 0.25) is 0 Å². The van der Waals surface area contributed by atoms with E-state index in [2.05, 4.69) is 27.6 Å². The van der Waals surface area contributed by atoms with E-state index >= 15 is 0 Å². The van der Waals surface area contributed by atoms with E-state index in [1.807, 2.05) is 0 Å². The summed E-state index contributed by atoms with van der Waals surface area (Å²) in [5.41, 5.74) is 2.94. The van der Waals surface area contributed by atoms with E-state index in [0.717, 1.165) is 39.0 Å². The van der Waals surface area contributed by atoms with E-state index in [-0.39, 0.29) is 5.91 Å². The number of likely N-dealkylation sites (tertiary alicyclic amines) is 1. The molecule has 1 fully saturated rings. The van der Waals surface area contributed by atoms with Crippen molar-refractivity contribution >= 4 is 11.7 Å². The number of hydrogen-bond acceptors (Lipinski definition) is 5. The zero-order valence-corrected chi connectivity index (χ0v) is 11.9. The van der Waals surface area contributed by atoms with Crippen molar-refractivity contribution in [3.63, 3.8) is 0 Å². The van der Waals surface area contributed by atoms with E-state index in [4.69, 9.17) is 5.84 Å². The topological polar surface area (TPSA) is 83.3 Å². The van der Waals surface area contributed by atoms with Gasteiger partial charge in [-0.05, 0) is 50.5 Å². The molecule has 6 nitrogen and oxygen atoms in total. The second-order valence-electron chi connectivity index (χ2n) is 5.13. The molecule has 1 aromatic heterocycles. The van der Waals surface area contributed by atoms with Crippen LogP contribution in [0.25, 0.3) is 0 Å². The molecular weight excluding hydrogens is 254 g/mol. The van der Waals surface area contributed by atoms with Gasteiger partial charge in [-0.3, -0.25) is 4.79 Å². The number of amides is 1. The number of aromatic nitrogens is 1. The molecular formula is C14H23N5O. The molecule has 1 aromatic rings. The van der Waals surface area contributed by atoms with Gasteiger partial charge in [-0.25, -0.2) is 10.8 Å². The highest BCUT2D eigenvalue weighted by atomic mass is 16.1. The summed E-state index contributed by atoms with van der Waals surface area (Å²) in [5, 5.41) is 2.98. The highest BCUT2D eigenvalue weighted by Crippen LogP contribution is 2.16. The quantitative estimate of drug-likeness (QED) is 0.548. The van der Waals surface area contributed by atoms with Crippen molar-refractivity contribution in [3.05, 3.63) is 23.9 Å². The van der Waals surface area contributed by atoms with Gasteiger partial charge in [0, 0.05) is 12.7 Å². The molecule has 0 unspecified atom stereocenters. The van der Waals surface area contributed by atoms with Gasteiger partial charge in [-0.15, -0.1) is 0 Å². The van der Waals surface area contributed by atoms with Gasteiger partial charge in [0.05, 0.1) is 5.56 Å². The Morgan fingerprint density at radius 2 is 2.25 bits per heavy atom. The minimum atomic E-state index is -0.121. The molecule has 6 heteroatoms. The SMILES string of the molecule is CCN1CCC(CNC(=O)c2cccnc2NN)CC1. The van der Waals surface area contributed by atoms with Crippen LogP contribution in [0.15, 0.2) is 18.3 Å². The van der Waals surface area contributed by atoms with Crippen molar-refractivity contribution in [2.45, 2.75) is 19.8 Å². The standard InChI is InChI=1S/C14H23N5O/c1-2-19-8-5-11(6-9-19)10-17-14(20)12-4-3-7-16-13(12)18-15/h3-4,7,11H,2,5-6,8-10,15H2,1H3,(H,16,18)(H,17,20). The lowest BCUT2D eigenvalue weighted by atomic mass is 9.97. The Morgan fingerprint density at radius 1 is 1.50 bits per heavy atom. The maximum absolute atomic E-state index is 12.1. The van der Waals surface area contributed by atoms with Crippen LogP contribution in [0.1, 0.15) is 30.1 Å². The van der Waals surface area contributed by atoms with Crippen LogP contribution >= 0.6 is 0 Å². The van der Waals surface area contributed by atoms with Crippen LogP contribution < -0.4 is 16.6 Å². The van der Waals surface area contributed by atoms with Gasteiger partial charge in [0.1, 0.15) is 0 Å². The minimum Gasteiger partial charge on any atom is -0.352 e. The lowest BCUT2D eigenvalue weighted by Gasteiger charge is -2.31. The number of piperidine rings is 1. The Morgan fingerprint density at radius 3 is 2.90 bits per heavy atom. The zero-order chi connectivity index (χ0) is 14.4. The average molecular weight is 277 g/mol. The van der Waals surface area contributed by atoms with Gasteiger partial charge >= 0.3 is 0 Å². The average Bonchev–Trinajstić information content (AvgIpc) is 2.53. The van der Waals surface area contributed by atoms with Crippen molar-refractivity contribution in [3.8, 4) is 0 Å². The van der Waals surface area contributed by atoms with Crippen LogP contribution in [0.3, 0.4) is 0 Å². The number of pyridine rings is 1. The predicted molar refractivity (Wildman–Crippen MR) is 79.2 cm³/mol. The van der Waals surface area contributed by atoms with Crippen LogP contribution in [-0.2, 0) is 0 Å². The number of nitrogens with zero attached hydrogens (tertiary/aromatic N) is 2. The molecule has 2 rings (SSSR count). The number of nitrogen functional groups attached to an aromatic ring is 1. The van der Waals surface area contributed by atoms with Crippen molar-refractivity contribution in [1.82, 2.24) is 15.2 Å². The van der Waals surface area contributed by atoms with Crippen LogP contribution in [0.5, 0.6) is 0 Å². The largest absolute Gasteiger partial charge is 0.352 e. The fourth-order valence-electron chi connectivity index (χ4n) is 2.54. The van der Waals surface area contributed by atoms with Gasteiger partial charge in [0.15, 0.2) is 5.82 Å². The van der Waals surface area contributed by atoms with Gasteiger partial charge in [-0.2, -0.15) is 0 Å². The maximum atomic E-state index is 12.1. The third kappa shape index (κ3) is 3.68. The first-order valence-electron chi connectivity index (χ1n) is 7.16. The fraction of sp³-hybridized carbons (Fsp3) is 0.571. The zero-order valence-electron chi connectivity index (χ0n) is 11.9. The highest BCUT2D eigenvalue weighted by molar-refractivity contribution is 5.98. The molecule has 110 valence electrons. The summed E-state index contributed by atoms with van der Waals surface area (Å²) in [4.78, 5) is 18.6. The Kier molecular flexibility index (Phi) is 5.31. The van der Waals surface area contributed by atoms with E-state index in [0.29, 0.717) is 17.3 Å². The van der Waals surface area contributed by atoms with Gasteiger partial charge in [0.25, 0.3) is 5.91 Å². The van der Waals surface area contributed by atoms with Crippen LogP contribution in [0, 0.1) is 5.92 Å². The summed E-state index contributed by atoms with van der Waals surface area (Å²) in [6.07, 6.45) is 3.89. The molecule has 20 heavy (non-hydrogen) atoms. The first kappa shape index (κ1) is 14.7. The Bertz CT molecular complexity index is 443. The number of rotatable bonds is 5. The van der Waals surface area contributed by atoms with E-state index in [9.17, 15) is 4.79 Å². The van der Waals surface area contributed by atoms with Crippen molar-refractivity contribution < 1.29 is 4.79 Å². The monoisotopic (exact) mass is 277 g/mol. The summed E-state index contributed by atoms with van der Waals surface area (Å²) >= 11 is 0. The molecule has 0 aliphatic carbocycles. The lowest BCUT2D eigenvalue weighted by molar-refractivity contribution is 0.0937. The van der Waals surface area contributed by atoms with Crippen molar-refractivity contribution in [2.75, 3.05) is 31.6 Å². The summed E-state index contributed by atoms with van der Waals surface area (Å²) in [6.45, 7) is 6.26. The second kappa shape index (κ2) is 7.21. The number of nitrogens with two attached hydrogens (primary N) is 1. The number of hydrogen-bond donors (Lipinski definition) is 3. The third-order valence-electron chi connectivity index (χ3n) is 3.89. The molecule has 0 saturated carbocycles. The predicted octanol–water partition coefficient (Wildman–Crippen LogP) is 0.829. The van der Waals surface area contributed by atoms with Gasteiger partial charge in [-0.1, -0.05) is 6.92 Å². The summed E-state index contributed by atoms with van der Waals surface area (Å²) in [5.74, 6) is 6.21. The van der Waals surface area contributed by atoms with E-state index in [1.54, 1.807) is 18.3 Å². The second-order valence-corrected chi connectivity index (χ2v) is 5.13. The molecule has 0 radical (unpaired) electrons. The molecule has 1 aliphatic heterocycles. The number of anilines is 1.